The monoisotopic (exact) mass is 306 g/mol. The maximum Gasteiger partial charge on any atom is 0.129 e. The van der Waals surface area contributed by atoms with Crippen molar-refractivity contribution in [1.82, 2.24) is 0 Å². The molecular weight excluding hydrogens is 280 g/mol. The van der Waals surface area contributed by atoms with Gasteiger partial charge in [-0.2, -0.15) is 0 Å². The zero-order valence-corrected chi connectivity index (χ0v) is 13.0. The van der Waals surface area contributed by atoms with Crippen LogP contribution in [0.1, 0.15) is 39.5 Å². The Morgan fingerprint density at radius 1 is 1.30 bits per heavy atom. The summed E-state index contributed by atoms with van der Waals surface area (Å²) in [4.78, 5) is 0. The first kappa shape index (κ1) is 16.5. The van der Waals surface area contributed by atoms with Crippen LogP contribution in [0.2, 0.25) is 0 Å². The fourth-order valence-electron chi connectivity index (χ4n) is 3.95. The SMILES string of the molecule is CC1CCCCC1(C)[C@@]1(O)[C@H](O)[C@@H](O)[C@H](S)O[C@@H]1CO. The highest BCUT2D eigenvalue weighted by atomic mass is 32.1. The lowest BCUT2D eigenvalue weighted by molar-refractivity contribution is -0.306. The molecule has 1 aliphatic carbocycles. The van der Waals surface area contributed by atoms with Crippen molar-refractivity contribution in [3.05, 3.63) is 0 Å². The molecule has 1 aliphatic heterocycles. The van der Waals surface area contributed by atoms with E-state index in [1.54, 1.807) is 0 Å². The van der Waals surface area contributed by atoms with Gasteiger partial charge >= 0.3 is 0 Å². The van der Waals surface area contributed by atoms with Crippen molar-refractivity contribution in [2.75, 3.05) is 6.61 Å². The van der Waals surface area contributed by atoms with Gasteiger partial charge in [0.1, 0.15) is 29.3 Å². The standard InChI is InChI=1S/C14H26O5S/c1-8-5-3-4-6-13(8,2)14(18)9(7-15)19-12(20)10(16)11(14)17/h8-12,15-18,20H,3-7H2,1-2H3/t8?,9-,10-,11-,12+,13?,14+/m1/s1. The van der Waals surface area contributed by atoms with E-state index >= 15 is 0 Å². The summed E-state index contributed by atoms with van der Waals surface area (Å²) in [5, 5.41) is 41.3. The van der Waals surface area contributed by atoms with E-state index in [-0.39, 0.29) is 5.92 Å². The topological polar surface area (TPSA) is 90.2 Å². The molecular formula is C14H26O5S. The highest BCUT2D eigenvalue weighted by Crippen LogP contribution is 2.53. The van der Waals surface area contributed by atoms with Gasteiger partial charge in [-0.3, -0.25) is 0 Å². The van der Waals surface area contributed by atoms with Crippen LogP contribution in [-0.4, -0.2) is 56.4 Å². The van der Waals surface area contributed by atoms with Gasteiger partial charge in [0.05, 0.1) is 6.61 Å². The quantitative estimate of drug-likeness (QED) is 0.474. The van der Waals surface area contributed by atoms with E-state index in [1.165, 1.54) is 0 Å². The molecule has 0 spiro atoms. The maximum atomic E-state index is 11.2. The molecule has 1 heterocycles. The lowest BCUT2D eigenvalue weighted by Crippen LogP contribution is -2.73. The van der Waals surface area contributed by atoms with Gasteiger partial charge in [-0.15, -0.1) is 12.6 Å². The van der Waals surface area contributed by atoms with Crippen LogP contribution in [0.15, 0.2) is 0 Å². The lowest BCUT2D eigenvalue weighted by atomic mass is 9.55. The number of hydrogen-bond acceptors (Lipinski definition) is 6. The molecule has 0 aromatic carbocycles. The van der Waals surface area contributed by atoms with E-state index in [0.29, 0.717) is 0 Å². The van der Waals surface area contributed by atoms with Gasteiger partial charge in [-0.25, -0.2) is 0 Å². The molecule has 7 atom stereocenters. The van der Waals surface area contributed by atoms with Crippen molar-refractivity contribution >= 4 is 12.6 Å². The molecule has 1 saturated heterocycles. The smallest absolute Gasteiger partial charge is 0.129 e. The van der Waals surface area contributed by atoms with E-state index < -0.39 is 41.4 Å². The third kappa shape index (κ3) is 2.21. The molecule has 1 saturated carbocycles. The molecule has 20 heavy (non-hydrogen) atoms. The second kappa shape index (κ2) is 5.74. The first-order valence-electron chi connectivity index (χ1n) is 7.32. The van der Waals surface area contributed by atoms with E-state index in [0.717, 1.165) is 25.7 Å². The summed E-state index contributed by atoms with van der Waals surface area (Å²) in [6.07, 6.45) is 0.0996. The fourth-order valence-corrected chi connectivity index (χ4v) is 4.26. The van der Waals surface area contributed by atoms with Gasteiger partial charge in [0.25, 0.3) is 0 Å². The van der Waals surface area contributed by atoms with Crippen LogP contribution >= 0.6 is 12.6 Å². The minimum absolute atomic E-state index is 0.164. The summed E-state index contributed by atoms with van der Waals surface area (Å²) in [6, 6.07) is 0. The minimum atomic E-state index is -1.68. The largest absolute Gasteiger partial charge is 0.394 e. The normalized spacial score (nSPS) is 53.9. The zero-order chi connectivity index (χ0) is 15.1. The highest BCUT2D eigenvalue weighted by Gasteiger charge is 2.64. The summed E-state index contributed by atoms with van der Waals surface area (Å²) in [5.41, 5.74) is -3.21. The van der Waals surface area contributed by atoms with Crippen molar-refractivity contribution in [3.8, 4) is 0 Å². The second-order valence-corrected chi connectivity index (χ2v) is 7.03. The van der Waals surface area contributed by atoms with E-state index in [1.807, 2.05) is 13.8 Å². The van der Waals surface area contributed by atoms with Gasteiger partial charge in [0, 0.05) is 5.41 Å². The Bertz CT molecular complexity index is 350. The summed E-state index contributed by atoms with van der Waals surface area (Å²) in [6.45, 7) is 3.54. The van der Waals surface area contributed by atoms with Crippen LogP contribution in [0.25, 0.3) is 0 Å². The Labute approximate surface area is 125 Å². The molecule has 118 valence electrons. The Hall–Kier alpha value is 0.150. The van der Waals surface area contributed by atoms with Crippen LogP contribution < -0.4 is 0 Å². The average Bonchev–Trinajstić information content (AvgIpc) is 2.43. The maximum absolute atomic E-state index is 11.2. The molecule has 0 aromatic heterocycles. The number of ether oxygens (including phenoxy) is 1. The minimum Gasteiger partial charge on any atom is -0.394 e. The van der Waals surface area contributed by atoms with Crippen LogP contribution in [0, 0.1) is 11.3 Å². The predicted molar refractivity (Wildman–Crippen MR) is 77.4 cm³/mol. The Balaban J connectivity index is 2.42. The Kier molecular flexibility index (Phi) is 4.74. The molecule has 2 aliphatic rings. The van der Waals surface area contributed by atoms with Crippen molar-refractivity contribution in [3.63, 3.8) is 0 Å². The number of thiol groups is 1. The van der Waals surface area contributed by atoms with Crippen LogP contribution in [0.5, 0.6) is 0 Å². The van der Waals surface area contributed by atoms with Gasteiger partial charge in [-0.1, -0.05) is 33.1 Å². The molecule has 0 radical (unpaired) electrons. The number of rotatable bonds is 2. The fraction of sp³-hybridized carbons (Fsp3) is 1.00. The second-order valence-electron chi connectivity index (χ2n) is 6.52. The third-order valence-electron chi connectivity index (χ3n) is 5.61. The van der Waals surface area contributed by atoms with E-state index in [9.17, 15) is 20.4 Å². The van der Waals surface area contributed by atoms with Crippen LogP contribution in [0.3, 0.4) is 0 Å². The molecule has 2 rings (SSSR count). The first-order valence-corrected chi connectivity index (χ1v) is 7.83. The molecule has 0 aromatic rings. The number of aliphatic hydroxyl groups is 4. The predicted octanol–water partition coefficient (Wildman–Crippen LogP) is 0.303. The Morgan fingerprint density at radius 2 is 1.95 bits per heavy atom. The summed E-state index contributed by atoms with van der Waals surface area (Å²) in [5.74, 6) is 0.164. The summed E-state index contributed by atoms with van der Waals surface area (Å²) < 4.78 is 5.45. The molecule has 4 N–H and O–H groups in total. The van der Waals surface area contributed by atoms with E-state index in [2.05, 4.69) is 12.6 Å². The van der Waals surface area contributed by atoms with Gasteiger partial charge in [0.2, 0.25) is 0 Å². The van der Waals surface area contributed by atoms with Crippen molar-refractivity contribution in [1.29, 1.82) is 0 Å². The van der Waals surface area contributed by atoms with E-state index in [4.69, 9.17) is 4.74 Å². The summed E-state index contributed by atoms with van der Waals surface area (Å²) >= 11 is 4.07. The molecule has 2 fully saturated rings. The molecule has 6 heteroatoms. The zero-order valence-electron chi connectivity index (χ0n) is 12.1. The Morgan fingerprint density at radius 3 is 2.50 bits per heavy atom. The van der Waals surface area contributed by atoms with Crippen molar-refractivity contribution in [2.24, 2.45) is 11.3 Å². The lowest BCUT2D eigenvalue weighted by Gasteiger charge is -2.59. The molecule has 5 nitrogen and oxygen atoms in total. The van der Waals surface area contributed by atoms with Gasteiger partial charge < -0.3 is 25.2 Å². The average molecular weight is 306 g/mol. The third-order valence-corrected chi connectivity index (χ3v) is 6.04. The van der Waals surface area contributed by atoms with Gasteiger partial charge in [-0.05, 0) is 12.3 Å². The summed E-state index contributed by atoms with van der Waals surface area (Å²) in [7, 11) is 0. The van der Waals surface area contributed by atoms with Crippen LogP contribution in [0.4, 0.5) is 0 Å². The van der Waals surface area contributed by atoms with Crippen LogP contribution in [-0.2, 0) is 4.74 Å². The molecule has 0 amide bonds. The van der Waals surface area contributed by atoms with Gasteiger partial charge in [0.15, 0.2) is 0 Å². The number of hydrogen-bond donors (Lipinski definition) is 5. The van der Waals surface area contributed by atoms with Crippen molar-refractivity contribution < 1.29 is 25.2 Å². The number of aliphatic hydroxyl groups excluding tert-OH is 3. The van der Waals surface area contributed by atoms with Crippen molar-refractivity contribution in [2.45, 2.75) is 68.9 Å². The molecule has 0 bridgehead atoms. The highest BCUT2D eigenvalue weighted by molar-refractivity contribution is 7.80. The first-order chi connectivity index (χ1) is 9.29. The molecule has 2 unspecified atom stereocenters.